The lowest BCUT2D eigenvalue weighted by Crippen LogP contribution is -2.38. The van der Waals surface area contributed by atoms with E-state index in [1.807, 2.05) is 32.0 Å². The van der Waals surface area contributed by atoms with Crippen LogP contribution in [-0.2, 0) is 14.3 Å². The monoisotopic (exact) mass is 316 g/mol. The third-order valence-corrected chi connectivity index (χ3v) is 2.87. The molecule has 0 aliphatic heterocycles. The van der Waals surface area contributed by atoms with Crippen LogP contribution in [0.15, 0.2) is 30.0 Å². The lowest BCUT2D eigenvalue weighted by Gasteiger charge is -2.10. The number of aryl methyl sites for hydroxylation is 2. The highest BCUT2D eigenvalue weighted by molar-refractivity contribution is 5.92. The van der Waals surface area contributed by atoms with Gasteiger partial charge >= 0.3 is 5.97 Å². The summed E-state index contributed by atoms with van der Waals surface area (Å²) in [6.45, 7) is 5.81. The Hall–Kier alpha value is -3.01. The van der Waals surface area contributed by atoms with Gasteiger partial charge in [-0.25, -0.2) is 4.79 Å². The van der Waals surface area contributed by atoms with Gasteiger partial charge in [0.05, 0.1) is 13.2 Å². The molecule has 122 valence electrons. The first-order chi connectivity index (χ1) is 11.0. The van der Waals surface area contributed by atoms with E-state index in [0.29, 0.717) is 0 Å². The molecule has 3 N–H and O–H groups in total. The second-order valence-corrected chi connectivity index (χ2v) is 4.75. The van der Waals surface area contributed by atoms with Crippen LogP contribution in [0.4, 0.5) is 5.69 Å². The van der Waals surface area contributed by atoms with Crippen molar-refractivity contribution in [2.45, 2.75) is 20.8 Å². The number of esters is 1. The first-order valence-electron chi connectivity index (χ1n) is 7.10. The quantitative estimate of drug-likeness (QED) is 0.303. The van der Waals surface area contributed by atoms with Gasteiger partial charge in [-0.3, -0.25) is 10.2 Å². The zero-order valence-electron chi connectivity index (χ0n) is 13.4. The van der Waals surface area contributed by atoms with Gasteiger partial charge in [0, 0.05) is 11.9 Å². The minimum atomic E-state index is -0.745. The largest absolute Gasteiger partial charge is 0.462 e. The van der Waals surface area contributed by atoms with E-state index in [2.05, 4.69) is 20.9 Å². The average Bonchev–Trinajstić information content (AvgIpc) is 2.51. The summed E-state index contributed by atoms with van der Waals surface area (Å²) in [5.74, 6) is -1.09. The number of carbonyl (C=O) groups is 2. The molecule has 0 unspecified atom stereocenters. The first kappa shape index (κ1) is 18.0. The Labute approximate surface area is 135 Å². The molecule has 0 atom stereocenters. The molecule has 0 saturated carbocycles. The van der Waals surface area contributed by atoms with Crippen molar-refractivity contribution in [3.63, 3.8) is 0 Å². The Morgan fingerprint density at radius 3 is 2.70 bits per heavy atom. The van der Waals surface area contributed by atoms with Crippen LogP contribution in [0.5, 0.6) is 0 Å². The minimum absolute atomic E-state index is 0.0477. The Morgan fingerprint density at radius 1 is 1.35 bits per heavy atom. The number of benzene rings is 1. The first-order valence-corrected chi connectivity index (χ1v) is 7.10. The summed E-state index contributed by atoms with van der Waals surface area (Å²) in [5, 5.41) is 11.8. The van der Waals surface area contributed by atoms with E-state index in [-0.39, 0.29) is 24.6 Å². The zero-order valence-corrected chi connectivity index (χ0v) is 13.4. The van der Waals surface area contributed by atoms with Crippen LogP contribution in [0.25, 0.3) is 0 Å². The number of hydrogen-bond acceptors (Lipinski definition) is 6. The standard InChI is InChI=1S/C16H20N4O3/c1-4-23-16(22)13(8-17)9-19-20-15(21)10-18-14-6-5-11(2)7-12(14)3/h5-7,9,18-19H,4,10H2,1-3H3,(H,20,21)/b13-9+. The minimum Gasteiger partial charge on any atom is -0.462 e. The van der Waals surface area contributed by atoms with Crippen LogP contribution in [0.2, 0.25) is 0 Å². The number of nitrogens with zero attached hydrogens (tertiary/aromatic N) is 1. The molecule has 7 nitrogen and oxygen atoms in total. The van der Waals surface area contributed by atoms with Gasteiger partial charge in [0.15, 0.2) is 5.57 Å². The van der Waals surface area contributed by atoms with Gasteiger partial charge in [0.1, 0.15) is 6.07 Å². The topological polar surface area (TPSA) is 103 Å². The number of hydrazine groups is 1. The zero-order chi connectivity index (χ0) is 17.2. The molecule has 23 heavy (non-hydrogen) atoms. The lowest BCUT2D eigenvalue weighted by atomic mass is 10.1. The van der Waals surface area contributed by atoms with Crippen LogP contribution >= 0.6 is 0 Å². The Morgan fingerprint density at radius 2 is 2.09 bits per heavy atom. The number of ether oxygens (including phenoxy) is 1. The molecule has 1 aromatic rings. The van der Waals surface area contributed by atoms with Crippen molar-refractivity contribution in [2.24, 2.45) is 0 Å². The predicted octanol–water partition coefficient (Wildman–Crippen LogP) is 1.31. The fraction of sp³-hybridized carbons (Fsp3) is 0.312. The maximum atomic E-state index is 11.7. The van der Waals surface area contributed by atoms with Gasteiger partial charge in [0.2, 0.25) is 0 Å². The van der Waals surface area contributed by atoms with Crippen molar-refractivity contribution in [3.05, 3.63) is 41.1 Å². The van der Waals surface area contributed by atoms with Crippen molar-refractivity contribution in [3.8, 4) is 6.07 Å². The van der Waals surface area contributed by atoms with Gasteiger partial charge in [0.25, 0.3) is 5.91 Å². The number of nitriles is 1. The van der Waals surface area contributed by atoms with Gasteiger partial charge < -0.3 is 15.5 Å². The van der Waals surface area contributed by atoms with Crippen molar-refractivity contribution in [2.75, 3.05) is 18.5 Å². The van der Waals surface area contributed by atoms with Crippen LogP contribution in [0.1, 0.15) is 18.1 Å². The maximum absolute atomic E-state index is 11.7. The summed E-state index contributed by atoms with van der Waals surface area (Å²) < 4.78 is 4.69. The molecule has 0 fully saturated rings. The highest BCUT2D eigenvalue weighted by Gasteiger charge is 2.09. The van der Waals surface area contributed by atoms with E-state index in [1.54, 1.807) is 13.0 Å². The van der Waals surface area contributed by atoms with Crippen molar-refractivity contribution in [1.29, 1.82) is 5.26 Å². The summed E-state index contributed by atoms with van der Waals surface area (Å²) in [6, 6.07) is 7.56. The molecule has 0 aromatic heterocycles. The second-order valence-electron chi connectivity index (χ2n) is 4.75. The van der Waals surface area contributed by atoms with E-state index in [0.717, 1.165) is 23.0 Å². The number of anilines is 1. The Balaban J connectivity index is 2.45. The van der Waals surface area contributed by atoms with Crippen LogP contribution < -0.4 is 16.2 Å². The van der Waals surface area contributed by atoms with Gasteiger partial charge in [-0.1, -0.05) is 17.7 Å². The number of amides is 1. The van der Waals surface area contributed by atoms with Gasteiger partial charge in [-0.15, -0.1) is 0 Å². The Bertz CT molecular complexity index is 647. The number of rotatable bonds is 7. The van der Waals surface area contributed by atoms with Crippen LogP contribution in [-0.4, -0.2) is 25.0 Å². The maximum Gasteiger partial charge on any atom is 0.350 e. The number of hydrogen-bond donors (Lipinski definition) is 3. The second kappa shape index (κ2) is 9.10. The van der Waals surface area contributed by atoms with Gasteiger partial charge in [-0.05, 0) is 32.4 Å². The van der Waals surface area contributed by atoms with E-state index in [1.165, 1.54) is 0 Å². The van der Waals surface area contributed by atoms with E-state index >= 15 is 0 Å². The summed E-state index contributed by atoms with van der Waals surface area (Å²) in [7, 11) is 0. The third kappa shape index (κ3) is 6.09. The highest BCUT2D eigenvalue weighted by atomic mass is 16.5. The average molecular weight is 316 g/mol. The van der Waals surface area contributed by atoms with Crippen molar-refractivity contribution < 1.29 is 14.3 Å². The highest BCUT2D eigenvalue weighted by Crippen LogP contribution is 2.15. The molecular formula is C16H20N4O3. The normalized spacial score (nSPS) is 10.4. The van der Waals surface area contributed by atoms with E-state index in [4.69, 9.17) is 5.26 Å². The Kier molecular flexibility index (Phi) is 7.14. The molecule has 0 aliphatic carbocycles. The molecule has 0 radical (unpaired) electrons. The fourth-order valence-electron chi connectivity index (χ4n) is 1.77. The fourth-order valence-corrected chi connectivity index (χ4v) is 1.77. The summed E-state index contributed by atoms with van der Waals surface area (Å²) in [5.41, 5.74) is 7.60. The van der Waals surface area contributed by atoms with Crippen LogP contribution in [0.3, 0.4) is 0 Å². The summed E-state index contributed by atoms with van der Waals surface area (Å²) in [6.07, 6.45) is 1.09. The molecule has 7 heteroatoms. The molecule has 1 rings (SSSR count). The summed E-state index contributed by atoms with van der Waals surface area (Å²) in [4.78, 5) is 23.0. The van der Waals surface area contributed by atoms with E-state index in [9.17, 15) is 9.59 Å². The molecule has 0 spiro atoms. The van der Waals surface area contributed by atoms with Crippen molar-refractivity contribution in [1.82, 2.24) is 10.9 Å². The molecule has 0 bridgehead atoms. The number of nitrogens with one attached hydrogen (secondary N) is 3. The van der Waals surface area contributed by atoms with E-state index < -0.39 is 5.97 Å². The van der Waals surface area contributed by atoms with Crippen molar-refractivity contribution >= 4 is 17.6 Å². The lowest BCUT2D eigenvalue weighted by molar-refractivity contribution is -0.138. The molecule has 1 amide bonds. The predicted molar refractivity (Wildman–Crippen MR) is 86.0 cm³/mol. The molecular weight excluding hydrogens is 296 g/mol. The smallest absolute Gasteiger partial charge is 0.350 e. The number of carbonyl (C=O) groups excluding carboxylic acids is 2. The molecule has 0 aliphatic rings. The SMILES string of the molecule is CCOC(=O)/C(C#N)=C/NNC(=O)CNc1ccc(C)cc1C. The molecule has 1 aromatic carbocycles. The van der Waals surface area contributed by atoms with Crippen LogP contribution in [0, 0.1) is 25.2 Å². The molecule has 0 saturated heterocycles. The van der Waals surface area contributed by atoms with Gasteiger partial charge in [-0.2, -0.15) is 5.26 Å². The third-order valence-electron chi connectivity index (χ3n) is 2.87. The summed E-state index contributed by atoms with van der Waals surface area (Å²) >= 11 is 0. The molecule has 0 heterocycles.